The number of nitrogens with zero attached hydrogens (tertiary/aromatic N) is 1. The summed E-state index contributed by atoms with van der Waals surface area (Å²) in [6.07, 6.45) is 3.83. The van der Waals surface area contributed by atoms with E-state index in [9.17, 15) is 13.2 Å². The molecule has 0 unspecified atom stereocenters. The van der Waals surface area contributed by atoms with E-state index in [0.29, 0.717) is 16.9 Å². The van der Waals surface area contributed by atoms with Gasteiger partial charge in [0.15, 0.2) is 11.3 Å². The largest absolute Gasteiger partial charge is 0.449 e. The summed E-state index contributed by atoms with van der Waals surface area (Å²) >= 11 is 0. The zero-order chi connectivity index (χ0) is 21.1. The first-order valence-electron chi connectivity index (χ1n) is 9.52. The van der Waals surface area contributed by atoms with Gasteiger partial charge in [-0.25, -0.2) is 8.42 Å². The molecule has 7 heteroatoms. The summed E-state index contributed by atoms with van der Waals surface area (Å²) in [5.41, 5.74) is 2.11. The molecule has 1 N–H and O–H groups in total. The van der Waals surface area contributed by atoms with Crippen LogP contribution in [0, 0.1) is 0 Å². The van der Waals surface area contributed by atoms with E-state index in [4.69, 9.17) is 4.42 Å². The summed E-state index contributed by atoms with van der Waals surface area (Å²) in [5.74, 6) is -0.145. The van der Waals surface area contributed by atoms with Crippen LogP contribution in [0.1, 0.15) is 28.6 Å². The molecule has 0 fully saturated rings. The number of aromatic nitrogens is 1. The molecule has 0 bridgehead atoms. The van der Waals surface area contributed by atoms with Gasteiger partial charge in [0.1, 0.15) is 0 Å². The zero-order valence-electron chi connectivity index (χ0n) is 16.3. The average Bonchev–Trinajstić information content (AvgIpc) is 3.22. The molecule has 2 aromatic carbocycles. The van der Waals surface area contributed by atoms with Crippen molar-refractivity contribution in [2.45, 2.75) is 29.7 Å². The van der Waals surface area contributed by atoms with E-state index < -0.39 is 9.84 Å². The maximum absolute atomic E-state index is 13.0. The third-order valence-corrected chi connectivity index (χ3v) is 6.75. The fraction of sp³-hybridized carbons (Fsp3) is 0.130. The second-order valence-corrected chi connectivity index (χ2v) is 8.73. The van der Waals surface area contributed by atoms with Crippen LogP contribution in [-0.2, 0) is 22.8 Å². The molecule has 1 amide bonds. The van der Waals surface area contributed by atoms with Gasteiger partial charge in [-0.3, -0.25) is 9.78 Å². The van der Waals surface area contributed by atoms with E-state index in [0.717, 1.165) is 16.5 Å². The number of amides is 1. The number of aryl methyl sites for hydroxylation is 1. The van der Waals surface area contributed by atoms with Crippen LogP contribution in [0.15, 0.2) is 87.3 Å². The fourth-order valence-corrected chi connectivity index (χ4v) is 4.80. The molecular weight excluding hydrogens is 400 g/mol. The molecule has 0 spiro atoms. The van der Waals surface area contributed by atoms with Gasteiger partial charge in [-0.05, 0) is 47.9 Å². The van der Waals surface area contributed by atoms with Crippen molar-refractivity contribution in [3.05, 3.63) is 89.9 Å². The Labute approximate surface area is 174 Å². The average molecular weight is 420 g/mol. The highest BCUT2D eigenvalue weighted by molar-refractivity contribution is 7.91. The summed E-state index contributed by atoms with van der Waals surface area (Å²) in [6.45, 7) is 2.18. The Bertz CT molecular complexity index is 1280. The predicted molar refractivity (Wildman–Crippen MR) is 113 cm³/mol. The topological polar surface area (TPSA) is 89.3 Å². The van der Waals surface area contributed by atoms with Gasteiger partial charge in [0.25, 0.3) is 5.91 Å². The summed E-state index contributed by atoms with van der Waals surface area (Å²) in [7, 11) is -3.60. The van der Waals surface area contributed by atoms with Crippen molar-refractivity contribution in [2.75, 3.05) is 0 Å². The van der Waals surface area contributed by atoms with Crippen LogP contribution in [0.5, 0.6) is 0 Å². The van der Waals surface area contributed by atoms with E-state index >= 15 is 0 Å². The Balaban J connectivity index is 1.47. The summed E-state index contributed by atoms with van der Waals surface area (Å²) in [4.78, 5) is 16.9. The third-order valence-electron chi connectivity index (χ3n) is 4.88. The zero-order valence-corrected chi connectivity index (χ0v) is 17.1. The first-order chi connectivity index (χ1) is 14.5. The lowest BCUT2D eigenvalue weighted by molar-refractivity contribution is 0.0925. The van der Waals surface area contributed by atoms with E-state index in [1.165, 1.54) is 0 Å². The van der Waals surface area contributed by atoms with Crippen LogP contribution in [0.25, 0.3) is 11.0 Å². The molecular formula is C23H20N2O4S. The van der Waals surface area contributed by atoms with Crippen molar-refractivity contribution >= 4 is 26.7 Å². The van der Waals surface area contributed by atoms with Crippen LogP contribution in [0.4, 0.5) is 0 Å². The van der Waals surface area contributed by atoms with E-state index in [-0.39, 0.29) is 23.1 Å². The number of hydrogen-bond donors (Lipinski definition) is 1. The van der Waals surface area contributed by atoms with Crippen LogP contribution in [0.3, 0.4) is 0 Å². The van der Waals surface area contributed by atoms with Crippen LogP contribution in [-0.4, -0.2) is 19.3 Å². The molecule has 0 aliphatic rings. The van der Waals surface area contributed by atoms with Gasteiger partial charge in [0.05, 0.1) is 16.0 Å². The molecule has 0 saturated heterocycles. The number of carbonyl (C=O) groups is 1. The summed E-state index contributed by atoms with van der Waals surface area (Å²) in [6, 6.07) is 17.0. The maximum atomic E-state index is 13.0. The van der Waals surface area contributed by atoms with Gasteiger partial charge in [0, 0.05) is 18.1 Å². The maximum Gasteiger partial charge on any atom is 0.287 e. The van der Waals surface area contributed by atoms with Gasteiger partial charge >= 0.3 is 0 Å². The van der Waals surface area contributed by atoms with E-state index in [1.54, 1.807) is 60.9 Å². The second-order valence-electron chi connectivity index (χ2n) is 6.82. The molecule has 0 radical (unpaired) electrons. The van der Waals surface area contributed by atoms with Crippen molar-refractivity contribution in [3.8, 4) is 0 Å². The molecule has 30 heavy (non-hydrogen) atoms. The van der Waals surface area contributed by atoms with Crippen molar-refractivity contribution in [1.29, 1.82) is 0 Å². The van der Waals surface area contributed by atoms with Crippen LogP contribution < -0.4 is 5.32 Å². The minimum absolute atomic E-state index is 0.202. The van der Waals surface area contributed by atoms with E-state index in [1.807, 2.05) is 19.1 Å². The lowest BCUT2D eigenvalue weighted by atomic mass is 10.2. The smallest absolute Gasteiger partial charge is 0.287 e. The highest BCUT2D eigenvalue weighted by atomic mass is 32.2. The number of furan rings is 1. The number of fused-ring (bicyclic) bond motifs is 1. The van der Waals surface area contributed by atoms with Gasteiger partial charge in [-0.1, -0.05) is 37.3 Å². The Morgan fingerprint density at radius 3 is 2.57 bits per heavy atom. The van der Waals surface area contributed by atoms with Crippen LogP contribution in [0.2, 0.25) is 0 Å². The monoisotopic (exact) mass is 420 g/mol. The summed E-state index contributed by atoms with van der Waals surface area (Å²) < 4.78 is 31.4. The number of rotatable bonds is 6. The van der Waals surface area contributed by atoms with Gasteiger partial charge in [-0.2, -0.15) is 0 Å². The van der Waals surface area contributed by atoms with Gasteiger partial charge in [0.2, 0.25) is 9.84 Å². The Morgan fingerprint density at radius 2 is 1.83 bits per heavy atom. The number of nitrogens with one attached hydrogen (secondary N) is 1. The molecule has 0 aliphatic heterocycles. The highest BCUT2D eigenvalue weighted by Gasteiger charge is 2.20. The Kier molecular flexibility index (Phi) is 5.37. The fourth-order valence-electron chi connectivity index (χ4n) is 3.24. The number of hydrogen-bond acceptors (Lipinski definition) is 5. The molecule has 6 nitrogen and oxygen atoms in total. The summed E-state index contributed by atoms with van der Waals surface area (Å²) in [5, 5.41) is 3.58. The number of pyridine rings is 1. The lowest BCUT2D eigenvalue weighted by Gasteiger charge is -2.10. The number of benzene rings is 2. The Hall–Kier alpha value is -3.45. The van der Waals surface area contributed by atoms with Crippen molar-refractivity contribution < 1.29 is 17.6 Å². The minimum atomic E-state index is -3.60. The highest BCUT2D eigenvalue weighted by Crippen LogP contribution is 2.25. The molecule has 152 valence electrons. The third kappa shape index (κ3) is 3.84. The van der Waals surface area contributed by atoms with Crippen molar-refractivity contribution in [1.82, 2.24) is 10.3 Å². The first kappa shape index (κ1) is 19.8. The molecule has 4 rings (SSSR count). The first-order valence-corrected chi connectivity index (χ1v) is 11.0. The second kappa shape index (κ2) is 8.12. The van der Waals surface area contributed by atoms with Crippen LogP contribution >= 0.6 is 0 Å². The van der Waals surface area contributed by atoms with Gasteiger partial charge < -0.3 is 9.73 Å². The quantitative estimate of drug-likeness (QED) is 0.506. The predicted octanol–water partition coefficient (Wildman–Crippen LogP) is 4.15. The SMILES string of the molecule is CCc1ccccc1S(=O)(=O)c1ccc(CNC(=O)c2cc3ccncc3o2)cc1. The standard InChI is InChI=1S/C23H20N2O4S/c1-2-17-5-3-4-6-22(17)30(27,28)19-9-7-16(8-10-19)14-25-23(26)20-13-18-11-12-24-15-21(18)29-20/h3-13,15H,2,14H2,1H3,(H,25,26). The minimum Gasteiger partial charge on any atom is -0.449 e. The molecule has 0 atom stereocenters. The normalized spacial score (nSPS) is 11.5. The molecule has 0 aliphatic carbocycles. The Morgan fingerprint density at radius 1 is 1.07 bits per heavy atom. The number of sulfone groups is 1. The van der Waals surface area contributed by atoms with Crippen molar-refractivity contribution in [2.24, 2.45) is 0 Å². The van der Waals surface area contributed by atoms with Gasteiger partial charge in [-0.15, -0.1) is 0 Å². The molecule has 0 saturated carbocycles. The molecule has 2 heterocycles. The van der Waals surface area contributed by atoms with Crippen molar-refractivity contribution in [3.63, 3.8) is 0 Å². The molecule has 2 aromatic heterocycles. The number of carbonyl (C=O) groups excluding carboxylic acids is 1. The lowest BCUT2D eigenvalue weighted by Crippen LogP contribution is -2.22. The molecule has 4 aromatic rings. The van der Waals surface area contributed by atoms with E-state index in [2.05, 4.69) is 10.3 Å².